The van der Waals surface area contributed by atoms with E-state index in [1.54, 1.807) is 0 Å². The van der Waals surface area contributed by atoms with Crippen molar-refractivity contribution in [3.63, 3.8) is 0 Å². The van der Waals surface area contributed by atoms with E-state index in [0.717, 1.165) is 26.0 Å². The van der Waals surface area contributed by atoms with Crippen LogP contribution in [-0.4, -0.2) is 61.9 Å². The topological polar surface area (TPSA) is 204 Å². The fourth-order valence-electron chi connectivity index (χ4n) is 3.69. The molecule has 1 N–H and O–H groups in total. The molecular formula is C29H24O15. The molecule has 4 aromatic rings. The van der Waals surface area contributed by atoms with Crippen LogP contribution < -0.4 is 20.3 Å². The van der Waals surface area contributed by atoms with Crippen LogP contribution in [0.1, 0.15) is 35.0 Å². The Morgan fingerprint density at radius 2 is 1.09 bits per heavy atom. The molecule has 0 aliphatic heterocycles. The van der Waals surface area contributed by atoms with E-state index in [9.17, 15) is 33.9 Å². The molecule has 0 spiro atoms. The second-order valence-electron chi connectivity index (χ2n) is 8.86. The molecule has 4 rings (SSSR count). The molecule has 0 amide bonds. The van der Waals surface area contributed by atoms with Crippen LogP contribution in [0.3, 0.4) is 0 Å². The summed E-state index contributed by atoms with van der Waals surface area (Å²) in [6.07, 6.45) is -1.24. The van der Waals surface area contributed by atoms with Gasteiger partial charge in [-0.15, -0.1) is 0 Å². The number of hydrogen-bond acceptors (Lipinski definition) is 15. The number of hydrogen-bond donors (Lipinski definition) is 1. The predicted octanol–water partition coefficient (Wildman–Crippen LogP) is 2.07. The van der Waals surface area contributed by atoms with E-state index in [2.05, 4.69) is 9.47 Å². The summed E-state index contributed by atoms with van der Waals surface area (Å²) < 4.78 is 40.6. The zero-order chi connectivity index (χ0) is 31.8. The van der Waals surface area contributed by atoms with Crippen LogP contribution in [-0.2, 0) is 28.5 Å². The predicted molar refractivity (Wildman–Crippen MR) is 146 cm³/mol. The van der Waals surface area contributed by atoms with Crippen LogP contribution in [0.5, 0.6) is 11.5 Å². The summed E-state index contributed by atoms with van der Waals surface area (Å²) >= 11 is 0. The van der Waals surface area contributed by atoms with Crippen LogP contribution in [0, 0.1) is 0 Å². The Kier molecular flexibility index (Phi) is 9.92. The molecule has 0 fully saturated rings. The van der Waals surface area contributed by atoms with E-state index in [4.69, 9.17) is 27.8 Å². The number of fused-ring (bicyclic) bond motifs is 2. The van der Waals surface area contributed by atoms with E-state index in [1.807, 2.05) is 0 Å². The number of carbonyl (C=O) groups excluding carboxylic acids is 4. The fraction of sp³-hybridized carbons (Fsp3) is 0.241. The molecule has 0 saturated carbocycles. The minimum atomic E-state index is -1.24. The summed E-state index contributed by atoms with van der Waals surface area (Å²) in [7, 11) is 0. The van der Waals surface area contributed by atoms with Gasteiger partial charge in [0, 0.05) is 26.0 Å². The monoisotopic (exact) mass is 612 g/mol. The first-order chi connectivity index (χ1) is 21.0. The number of aliphatic hydroxyl groups excluding tert-OH is 1. The fourth-order valence-corrected chi connectivity index (χ4v) is 3.69. The quantitative estimate of drug-likeness (QED) is 0.180. The molecule has 0 radical (unpaired) electrons. The van der Waals surface area contributed by atoms with E-state index < -0.39 is 65.9 Å². The molecule has 0 saturated heterocycles. The van der Waals surface area contributed by atoms with Crippen LogP contribution in [0.15, 0.2) is 67.0 Å². The molecule has 2 aromatic heterocycles. The van der Waals surface area contributed by atoms with Gasteiger partial charge >= 0.3 is 23.9 Å². The summed E-state index contributed by atoms with van der Waals surface area (Å²) in [4.78, 5) is 71.4. The lowest BCUT2D eigenvalue weighted by molar-refractivity contribution is -0.150. The normalized spacial score (nSPS) is 10.8. The largest absolute Gasteiger partial charge is 0.490 e. The Morgan fingerprint density at radius 3 is 1.48 bits per heavy atom. The van der Waals surface area contributed by atoms with Gasteiger partial charge in [0.15, 0.2) is 10.9 Å². The van der Waals surface area contributed by atoms with Crippen LogP contribution in [0.2, 0.25) is 0 Å². The van der Waals surface area contributed by atoms with E-state index in [-0.39, 0.29) is 46.7 Å². The molecule has 2 aromatic carbocycles. The molecule has 15 heteroatoms. The van der Waals surface area contributed by atoms with Gasteiger partial charge in [-0.05, 0) is 24.3 Å². The van der Waals surface area contributed by atoms with Crippen molar-refractivity contribution >= 4 is 45.8 Å². The van der Waals surface area contributed by atoms with Crippen molar-refractivity contribution in [1.82, 2.24) is 0 Å². The SMILES string of the molecule is CC(=O)OCOC(=O)c1cc(=O)c2c(OCC(O)COc3cccc4oc(C(=O)OCOC(C)=O)cc(=O)c34)cccc2o1. The summed E-state index contributed by atoms with van der Waals surface area (Å²) in [5.41, 5.74) is -1.28. The van der Waals surface area contributed by atoms with Crippen molar-refractivity contribution in [3.8, 4) is 11.5 Å². The first-order valence-corrected chi connectivity index (χ1v) is 12.7. The highest BCUT2D eigenvalue weighted by atomic mass is 16.7. The standard InChI is InChI=1S/C29H24O15/c1-15(30)39-13-41-28(35)24-9-18(33)26-20(5-3-7-22(26)43-24)37-11-17(32)12-38-21-6-4-8-23-27(21)19(34)10-25(44-23)29(36)42-14-40-16(2)31/h3-10,17,32H,11-14H2,1-2H3. The Morgan fingerprint density at radius 1 is 0.682 bits per heavy atom. The van der Waals surface area contributed by atoms with E-state index in [0.29, 0.717) is 0 Å². The maximum absolute atomic E-state index is 12.8. The second kappa shape index (κ2) is 14.0. The van der Waals surface area contributed by atoms with Crippen molar-refractivity contribution in [1.29, 1.82) is 0 Å². The summed E-state index contributed by atoms with van der Waals surface area (Å²) in [6.45, 7) is 0.261. The third-order valence-corrected chi connectivity index (χ3v) is 5.60. The maximum atomic E-state index is 12.8. The van der Waals surface area contributed by atoms with Gasteiger partial charge in [-0.2, -0.15) is 0 Å². The number of aliphatic hydroxyl groups is 1. The molecule has 0 bridgehead atoms. The van der Waals surface area contributed by atoms with Crippen LogP contribution >= 0.6 is 0 Å². The second-order valence-corrected chi connectivity index (χ2v) is 8.86. The third-order valence-electron chi connectivity index (χ3n) is 5.60. The summed E-state index contributed by atoms with van der Waals surface area (Å²) in [5.74, 6) is -4.13. The minimum absolute atomic E-state index is 0.00251. The lowest BCUT2D eigenvalue weighted by Crippen LogP contribution is -2.25. The zero-order valence-corrected chi connectivity index (χ0v) is 23.2. The number of ether oxygens (including phenoxy) is 6. The molecular weight excluding hydrogens is 588 g/mol. The van der Waals surface area contributed by atoms with Gasteiger partial charge in [0.2, 0.25) is 25.1 Å². The molecule has 0 atom stereocenters. The number of benzene rings is 2. The Labute approximate surface area is 246 Å². The lowest BCUT2D eigenvalue weighted by Gasteiger charge is -2.15. The summed E-state index contributed by atoms with van der Waals surface area (Å²) in [6, 6.07) is 10.5. The highest BCUT2D eigenvalue weighted by Crippen LogP contribution is 2.25. The minimum Gasteiger partial charge on any atom is -0.490 e. The van der Waals surface area contributed by atoms with Crippen LogP contribution in [0.4, 0.5) is 0 Å². The van der Waals surface area contributed by atoms with Gasteiger partial charge in [-0.3, -0.25) is 19.2 Å². The number of esters is 4. The van der Waals surface area contributed by atoms with E-state index >= 15 is 0 Å². The number of carbonyl (C=O) groups is 4. The summed E-state index contributed by atoms with van der Waals surface area (Å²) in [5, 5.41) is 10.5. The Bertz CT molecular complexity index is 1700. The Hall–Kier alpha value is -5.70. The van der Waals surface area contributed by atoms with Crippen molar-refractivity contribution < 1.29 is 61.5 Å². The van der Waals surface area contributed by atoms with Gasteiger partial charge < -0.3 is 42.4 Å². The lowest BCUT2D eigenvalue weighted by atomic mass is 10.2. The average Bonchev–Trinajstić information content (AvgIpc) is 2.98. The van der Waals surface area contributed by atoms with Crippen molar-refractivity contribution in [3.05, 3.63) is 80.5 Å². The first kappa shape index (κ1) is 31.2. The first-order valence-electron chi connectivity index (χ1n) is 12.7. The third kappa shape index (κ3) is 7.77. The highest BCUT2D eigenvalue weighted by molar-refractivity contribution is 5.91. The smallest absolute Gasteiger partial charge is 0.377 e. The van der Waals surface area contributed by atoms with Crippen LogP contribution in [0.25, 0.3) is 21.9 Å². The zero-order valence-electron chi connectivity index (χ0n) is 23.2. The van der Waals surface area contributed by atoms with Gasteiger partial charge in [-0.25, -0.2) is 9.59 Å². The van der Waals surface area contributed by atoms with E-state index in [1.165, 1.54) is 36.4 Å². The molecule has 230 valence electrons. The molecule has 44 heavy (non-hydrogen) atoms. The van der Waals surface area contributed by atoms with Gasteiger partial charge in [-0.1, -0.05) is 12.1 Å². The molecule has 0 unspecified atom stereocenters. The van der Waals surface area contributed by atoms with Gasteiger partial charge in [0.1, 0.15) is 52.8 Å². The average molecular weight is 612 g/mol. The van der Waals surface area contributed by atoms with Crippen molar-refractivity contribution in [2.24, 2.45) is 0 Å². The highest BCUT2D eigenvalue weighted by Gasteiger charge is 2.19. The van der Waals surface area contributed by atoms with Gasteiger partial charge in [0.05, 0.1) is 0 Å². The van der Waals surface area contributed by atoms with Crippen molar-refractivity contribution in [2.45, 2.75) is 20.0 Å². The maximum Gasteiger partial charge on any atom is 0.377 e. The number of rotatable bonds is 12. The molecule has 2 heterocycles. The van der Waals surface area contributed by atoms with Gasteiger partial charge in [0.25, 0.3) is 0 Å². The molecule has 0 aliphatic carbocycles. The molecule has 0 aliphatic rings. The molecule has 15 nitrogen and oxygen atoms in total. The Balaban J connectivity index is 1.41. The van der Waals surface area contributed by atoms with Crippen molar-refractivity contribution in [2.75, 3.05) is 26.8 Å².